The fraction of sp³-hybridized carbons (Fsp3) is 0.133. The molecule has 2 aromatic carbocycles. The Hall–Kier alpha value is -2.49. The molecule has 0 aliphatic carbocycles. The van der Waals surface area contributed by atoms with Gasteiger partial charge < -0.3 is 15.4 Å². The second kappa shape index (κ2) is 5.44. The van der Waals surface area contributed by atoms with Gasteiger partial charge in [0.1, 0.15) is 5.75 Å². The van der Waals surface area contributed by atoms with Crippen molar-refractivity contribution < 1.29 is 9.53 Å². The highest BCUT2D eigenvalue weighted by atomic mass is 16.5. The second-order valence-corrected chi connectivity index (χ2v) is 4.15. The highest BCUT2D eigenvalue weighted by molar-refractivity contribution is 6.09. The first-order valence-corrected chi connectivity index (χ1v) is 5.90. The minimum absolute atomic E-state index is 0.164. The highest BCUT2D eigenvalue weighted by Gasteiger charge is 2.16. The van der Waals surface area contributed by atoms with Gasteiger partial charge in [0.15, 0.2) is 0 Å². The molecule has 0 spiro atoms. The SMILES string of the molecule is COc1ccc(N)c(C(=O)N(C)c2ccccc2)c1. The zero-order chi connectivity index (χ0) is 13.8. The van der Waals surface area contributed by atoms with Crippen LogP contribution in [0.5, 0.6) is 5.75 Å². The van der Waals surface area contributed by atoms with Crippen LogP contribution in [-0.2, 0) is 0 Å². The number of anilines is 2. The minimum atomic E-state index is -0.164. The largest absolute Gasteiger partial charge is 0.497 e. The van der Waals surface area contributed by atoms with Crippen molar-refractivity contribution in [1.82, 2.24) is 0 Å². The molecule has 98 valence electrons. The van der Waals surface area contributed by atoms with Crippen molar-refractivity contribution in [3.63, 3.8) is 0 Å². The molecule has 0 saturated heterocycles. The Morgan fingerprint density at radius 2 is 1.84 bits per heavy atom. The summed E-state index contributed by atoms with van der Waals surface area (Å²) < 4.78 is 5.12. The smallest absolute Gasteiger partial charge is 0.260 e. The maximum absolute atomic E-state index is 12.4. The third kappa shape index (κ3) is 2.68. The molecule has 0 radical (unpaired) electrons. The van der Waals surface area contributed by atoms with Crippen molar-refractivity contribution in [3.05, 3.63) is 54.1 Å². The number of carbonyl (C=O) groups is 1. The first-order valence-electron chi connectivity index (χ1n) is 5.90. The summed E-state index contributed by atoms with van der Waals surface area (Å²) in [4.78, 5) is 14.0. The third-order valence-electron chi connectivity index (χ3n) is 2.94. The van der Waals surface area contributed by atoms with Gasteiger partial charge in [0.2, 0.25) is 0 Å². The van der Waals surface area contributed by atoms with Gasteiger partial charge in [-0.2, -0.15) is 0 Å². The van der Waals surface area contributed by atoms with E-state index in [1.54, 1.807) is 37.3 Å². The van der Waals surface area contributed by atoms with Gasteiger partial charge in [0.05, 0.1) is 12.7 Å². The molecule has 2 aromatic rings. The molecule has 4 nitrogen and oxygen atoms in total. The molecule has 2 rings (SSSR count). The Kier molecular flexibility index (Phi) is 3.71. The fourth-order valence-electron chi connectivity index (χ4n) is 1.80. The van der Waals surface area contributed by atoms with E-state index in [4.69, 9.17) is 10.5 Å². The molecule has 0 fully saturated rings. The first kappa shape index (κ1) is 13.0. The molecule has 19 heavy (non-hydrogen) atoms. The molecule has 0 aromatic heterocycles. The van der Waals surface area contributed by atoms with Crippen molar-refractivity contribution in [2.75, 3.05) is 24.8 Å². The van der Waals surface area contributed by atoms with Crippen LogP contribution in [0.25, 0.3) is 0 Å². The summed E-state index contributed by atoms with van der Waals surface area (Å²) >= 11 is 0. The number of hydrogen-bond acceptors (Lipinski definition) is 3. The van der Waals surface area contributed by atoms with E-state index in [-0.39, 0.29) is 5.91 Å². The number of benzene rings is 2. The molecule has 0 heterocycles. The number of nitrogen functional groups attached to an aromatic ring is 1. The molecule has 0 atom stereocenters. The summed E-state index contributed by atoms with van der Waals surface area (Å²) in [6.45, 7) is 0. The molecule has 0 saturated carbocycles. The Bertz CT molecular complexity index is 582. The van der Waals surface area contributed by atoms with Gasteiger partial charge in [-0.05, 0) is 30.3 Å². The summed E-state index contributed by atoms with van der Waals surface area (Å²) in [5.41, 5.74) is 7.55. The van der Waals surface area contributed by atoms with E-state index >= 15 is 0 Å². The molecule has 1 amide bonds. The van der Waals surface area contributed by atoms with Crippen LogP contribution in [0.15, 0.2) is 48.5 Å². The predicted molar refractivity (Wildman–Crippen MR) is 76.6 cm³/mol. The Balaban J connectivity index is 2.34. The summed E-state index contributed by atoms with van der Waals surface area (Å²) in [6, 6.07) is 14.5. The van der Waals surface area contributed by atoms with Gasteiger partial charge in [-0.3, -0.25) is 4.79 Å². The number of rotatable bonds is 3. The van der Waals surface area contributed by atoms with E-state index < -0.39 is 0 Å². The first-order chi connectivity index (χ1) is 9.13. The number of hydrogen-bond donors (Lipinski definition) is 1. The van der Waals surface area contributed by atoms with E-state index in [2.05, 4.69) is 0 Å². The summed E-state index contributed by atoms with van der Waals surface area (Å²) in [6.07, 6.45) is 0. The summed E-state index contributed by atoms with van der Waals surface area (Å²) in [7, 11) is 3.28. The molecule has 0 aliphatic rings. The number of ether oxygens (including phenoxy) is 1. The van der Waals surface area contributed by atoms with Crippen molar-refractivity contribution >= 4 is 17.3 Å². The predicted octanol–water partition coefficient (Wildman–Crippen LogP) is 2.55. The maximum Gasteiger partial charge on any atom is 0.260 e. The average molecular weight is 256 g/mol. The lowest BCUT2D eigenvalue weighted by molar-refractivity contribution is 0.0993. The van der Waals surface area contributed by atoms with Crippen molar-refractivity contribution in [2.24, 2.45) is 0 Å². The third-order valence-corrected chi connectivity index (χ3v) is 2.94. The second-order valence-electron chi connectivity index (χ2n) is 4.15. The standard InChI is InChI=1S/C15H16N2O2/c1-17(11-6-4-3-5-7-11)15(18)13-10-12(19-2)8-9-14(13)16/h3-10H,16H2,1-2H3. The Morgan fingerprint density at radius 3 is 2.47 bits per heavy atom. The van der Waals surface area contributed by atoms with E-state index in [9.17, 15) is 4.79 Å². The van der Waals surface area contributed by atoms with Gasteiger partial charge in [-0.15, -0.1) is 0 Å². The van der Waals surface area contributed by atoms with E-state index in [0.29, 0.717) is 17.0 Å². The Morgan fingerprint density at radius 1 is 1.16 bits per heavy atom. The number of nitrogens with two attached hydrogens (primary N) is 1. The van der Waals surface area contributed by atoms with Gasteiger partial charge in [-0.25, -0.2) is 0 Å². The van der Waals surface area contributed by atoms with Crippen molar-refractivity contribution in [1.29, 1.82) is 0 Å². The molecular weight excluding hydrogens is 240 g/mol. The van der Waals surface area contributed by atoms with E-state index in [1.807, 2.05) is 30.3 Å². The topological polar surface area (TPSA) is 55.6 Å². The van der Waals surface area contributed by atoms with Crippen LogP contribution < -0.4 is 15.4 Å². The lowest BCUT2D eigenvalue weighted by atomic mass is 10.1. The zero-order valence-electron chi connectivity index (χ0n) is 11.0. The van der Waals surface area contributed by atoms with Crippen LogP contribution >= 0.6 is 0 Å². The van der Waals surface area contributed by atoms with Gasteiger partial charge in [0, 0.05) is 18.4 Å². The normalized spacial score (nSPS) is 10.0. The van der Waals surface area contributed by atoms with Crippen molar-refractivity contribution in [3.8, 4) is 5.75 Å². The molecule has 0 aliphatic heterocycles. The summed E-state index contributed by atoms with van der Waals surface area (Å²) in [5, 5.41) is 0. The fourth-order valence-corrected chi connectivity index (χ4v) is 1.80. The van der Waals surface area contributed by atoms with Gasteiger partial charge in [0.25, 0.3) is 5.91 Å². The maximum atomic E-state index is 12.4. The molecular formula is C15H16N2O2. The van der Waals surface area contributed by atoms with Crippen LogP contribution in [0.3, 0.4) is 0 Å². The van der Waals surface area contributed by atoms with Crippen LogP contribution in [0, 0.1) is 0 Å². The lowest BCUT2D eigenvalue weighted by Gasteiger charge is -2.18. The average Bonchev–Trinajstić information content (AvgIpc) is 2.47. The molecule has 0 unspecified atom stereocenters. The lowest BCUT2D eigenvalue weighted by Crippen LogP contribution is -2.27. The monoisotopic (exact) mass is 256 g/mol. The van der Waals surface area contributed by atoms with Crippen LogP contribution in [0.4, 0.5) is 11.4 Å². The number of nitrogens with zero attached hydrogens (tertiary/aromatic N) is 1. The van der Waals surface area contributed by atoms with Crippen LogP contribution in [-0.4, -0.2) is 20.1 Å². The highest BCUT2D eigenvalue weighted by Crippen LogP contribution is 2.23. The quantitative estimate of drug-likeness (QED) is 0.859. The zero-order valence-corrected chi connectivity index (χ0v) is 11.0. The minimum Gasteiger partial charge on any atom is -0.497 e. The molecule has 2 N–H and O–H groups in total. The molecule has 4 heteroatoms. The summed E-state index contributed by atoms with van der Waals surface area (Å²) in [5.74, 6) is 0.446. The van der Waals surface area contributed by atoms with Crippen molar-refractivity contribution in [2.45, 2.75) is 0 Å². The number of amides is 1. The number of para-hydroxylation sites is 1. The molecule has 0 bridgehead atoms. The number of methoxy groups -OCH3 is 1. The number of carbonyl (C=O) groups excluding carboxylic acids is 1. The Labute approximate surface area is 112 Å². The van der Waals surface area contributed by atoms with Crippen LogP contribution in [0.1, 0.15) is 10.4 Å². The van der Waals surface area contributed by atoms with E-state index in [0.717, 1.165) is 5.69 Å². The van der Waals surface area contributed by atoms with Crippen LogP contribution in [0.2, 0.25) is 0 Å². The van der Waals surface area contributed by atoms with Gasteiger partial charge in [-0.1, -0.05) is 18.2 Å². The van der Waals surface area contributed by atoms with Gasteiger partial charge >= 0.3 is 0 Å². The van der Waals surface area contributed by atoms with E-state index in [1.165, 1.54) is 0 Å².